The van der Waals surface area contributed by atoms with E-state index in [4.69, 9.17) is 25.6 Å². The van der Waals surface area contributed by atoms with Crippen LogP contribution < -0.4 is 0 Å². The topological polar surface area (TPSA) is 195 Å². The summed E-state index contributed by atoms with van der Waals surface area (Å²) in [5.41, 5.74) is 0.449. The zero-order valence-corrected chi connectivity index (χ0v) is 33.3. The van der Waals surface area contributed by atoms with Gasteiger partial charge in [-0.25, -0.2) is 4.79 Å². The molecule has 0 aliphatic rings. The Labute approximate surface area is 302 Å². The molecule has 0 spiro atoms. The maximum Gasteiger partial charge on any atom is 2.00 e. The Hall–Kier alpha value is -3.27. The van der Waals surface area contributed by atoms with E-state index in [0.29, 0.717) is 18.8 Å². The number of allylic oxidation sites excluding steroid dienone is 1. The first-order valence-corrected chi connectivity index (χ1v) is 14.7. The molecule has 0 amide bonds. The average molecular weight is 676 g/mol. The molecule has 0 fully saturated rings. The number of ether oxygens (including phenoxy) is 2. The number of hydrogen-bond donors (Lipinski definition) is 1. The minimum Gasteiger partial charge on any atom is -0.481 e. The molecule has 0 heterocycles. The van der Waals surface area contributed by atoms with Gasteiger partial charge in [-0.3, -0.25) is 14.4 Å². The fourth-order valence-electron chi connectivity index (χ4n) is 2.19. The van der Waals surface area contributed by atoms with E-state index in [9.17, 15) is 24.0 Å². The molecule has 266 valence electrons. The van der Waals surface area contributed by atoms with Gasteiger partial charge in [-0.05, 0) is 65.7 Å². The van der Waals surface area contributed by atoms with Gasteiger partial charge in [0.1, 0.15) is 29.1 Å². The third-order valence-electron chi connectivity index (χ3n) is 5.35. The van der Waals surface area contributed by atoms with Crippen LogP contribution in [0, 0.1) is 65.1 Å². The molecule has 1 unspecified atom stereocenters. The van der Waals surface area contributed by atoms with Crippen LogP contribution in [0.25, 0.3) is 0 Å². The summed E-state index contributed by atoms with van der Waals surface area (Å²) in [5, 5.41) is 33.5. The van der Waals surface area contributed by atoms with Crippen molar-refractivity contribution in [3.8, 4) is 18.2 Å². The number of esters is 2. The van der Waals surface area contributed by atoms with E-state index in [2.05, 4.69) is 11.7 Å². The van der Waals surface area contributed by atoms with Crippen molar-refractivity contribution in [3.63, 3.8) is 0 Å². The molecule has 12 heteroatoms. The van der Waals surface area contributed by atoms with Crippen LogP contribution in [0.1, 0.15) is 123 Å². The van der Waals surface area contributed by atoms with Crippen molar-refractivity contribution in [3.05, 3.63) is 25.5 Å². The maximum atomic E-state index is 11.3. The monoisotopic (exact) mass is 675 g/mol. The number of aliphatic carboxylic acids is 1. The Balaban J connectivity index is -0.0000000686. The summed E-state index contributed by atoms with van der Waals surface area (Å²) in [6.07, 6.45) is 2.01. The standard InChI is InChI=1S/C10H17NO2.C8H11NO2.C7H14O2.C4H5NO.C3H6O.C2H5.CH3.Mg/c1-5-10(3,4)8(7-11)9(12)13-6-2;1-4-11-8(10)7(5-9)6(2)3;1-4-7(2,3)5-6(8)9;1-4(6)2-3-5;1-3(2)4;1-2;;/h8H,5-6H2,1-4H3;4H2,1-3H3;4-5H2,1-3H3,(H,8,9);2H2,1H3;1-2H3;1H2,2H3;1H3;/q;;;;;2*-1;+2. The summed E-state index contributed by atoms with van der Waals surface area (Å²) < 4.78 is 9.46. The number of hydrogen-bond acceptors (Lipinski definition) is 10. The first kappa shape index (κ1) is 62.5. The summed E-state index contributed by atoms with van der Waals surface area (Å²) in [6, 6.07) is 5.51. The van der Waals surface area contributed by atoms with Crippen LogP contribution in [-0.2, 0) is 33.4 Å². The molecule has 1 atom stereocenters. The van der Waals surface area contributed by atoms with Crippen LogP contribution in [0.3, 0.4) is 0 Å². The van der Waals surface area contributed by atoms with E-state index in [1.54, 1.807) is 46.8 Å². The van der Waals surface area contributed by atoms with Crippen molar-refractivity contribution in [1.29, 1.82) is 15.8 Å². The Kier molecular flexibility index (Phi) is 51.8. The van der Waals surface area contributed by atoms with Crippen molar-refractivity contribution in [1.82, 2.24) is 0 Å². The molecule has 0 aliphatic carbocycles. The van der Waals surface area contributed by atoms with Crippen LogP contribution >= 0.6 is 0 Å². The fourth-order valence-corrected chi connectivity index (χ4v) is 2.19. The first-order chi connectivity index (χ1) is 20.6. The third-order valence-corrected chi connectivity index (χ3v) is 5.35. The molecule has 0 bridgehead atoms. The van der Waals surface area contributed by atoms with Gasteiger partial charge in [0.2, 0.25) is 0 Å². The van der Waals surface area contributed by atoms with Crippen LogP contribution in [0.5, 0.6) is 0 Å². The fraction of sp³-hybridized carbons (Fsp3) is 0.657. The maximum absolute atomic E-state index is 11.3. The normalized spacial score (nSPS) is 9.28. The molecule has 47 heavy (non-hydrogen) atoms. The second-order valence-corrected chi connectivity index (χ2v) is 10.9. The van der Waals surface area contributed by atoms with E-state index >= 15 is 0 Å². The zero-order valence-electron chi connectivity index (χ0n) is 31.9. The van der Waals surface area contributed by atoms with Gasteiger partial charge >= 0.3 is 41.0 Å². The molecule has 0 aromatic heterocycles. The van der Waals surface area contributed by atoms with Crippen molar-refractivity contribution in [2.75, 3.05) is 13.2 Å². The van der Waals surface area contributed by atoms with Crippen molar-refractivity contribution >= 4 is 52.5 Å². The summed E-state index contributed by atoms with van der Waals surface area (Å²) in [7, 11) is 0. The molecule has 11 nitrogen and oxygen atoms in total. The Morgan fingerprint density at radius 3 is 1.38 bits per heavy atom. The largest absolute Gasteiger partial charge is 2.00 e. The minimum atomic E-state index is -0.707. The molecular weight excluding hydrogens is 615 g/mol. The Morgan fingerprint density at radius 1 is 0.809 bits per heavy atom. The number of carboxylic acids is 1. The van der Waals surface area contributed by atoms with Crippen molar-refractivity contribution < 1.29 is 38.6 Å². The SMILES string of the molecule is CC(=O)CC#N.CC(C)=O.CCC(C)(C)CC(=O)O.CCOC(=O)C(C#N)=C(C)C.CCOC(=O)C(C#N)C(C)(C)CC.[CH2-]C.[CH3-].[Mg+2]. The van der Waals surface area contributed by atoms with Crippen LogP contribution in [0.4, 0.5) is 0 Å². The summed E-state index contributed by atoms with van der Waals surface area (Å²) >= 11 is 0. The zero-order chi connectivity index (χ0) is 37.4. The number of nitrogens with zero attached hydrogens (tertiary/aromatic N) is 3. The third kappa shape index (κ3) is 47.3. The molecule has 0 saturated carbocycles. The number of carboxylic acid groups (broad SMARTS) is 1. The van der Waals surface area contributed by atoms with E-state index in [-0.39, 0.29) is 71.3 Å². The number of ketones is 2. The predicted molar refractivity (Wildman–Crippen MR) is 187 cm³/mol. The van der Waals surface area contributed by atoms with Crippen LogP contribution in [0.15, 0.2) is 11.1 Å². The Bertz CT molecular complexity index is 1020. The molecule has 0 radical (unpaired) electrons. The second kappa shape index (κ2) is 38.9. The molecular formula is C35H61MgN3O8. The minimum absolute atomic E-state index is 0. The smallest absolute Gasteiger partial charge is 0.481 e. The van der Waals surface area contributed by atoms with Gasteiger partial charge in [-0.2, -0.15) is 22.7 Å². The quantitative estimate of drug-likeness (QED) is 0.0795. The summed E-state index contributed by atoms with van der Waals surface area (Å²) in [4.78, 5) is 51.7. The van der Waals surface area contributed by atoms with Gasteiger partial charge in [-0.15, -0.1) is 0 Å². The number of Topliss-reactive ketones (excluding diaryl/α,β-unsaturated/α-hetero) is 2. The van der Waals surface area contributed by atoms with Gasteiger partial charge in [0, 0.05) is 0 Å². The summed E-state index contributed by atoms with van der Waals surface area (Å²) in [6.45, 7) is 28.6. The van der Waals surface area contributed by atoms with Crippen LogP contribution in [0.2, 0.25) is 0 Å². The van der Waals surface area contributed by atoms with E-state index in [1.807, 2.05) is 47.6 Å². The van der Waals surface area contributed by atoms with Gasteiger partial charge in [-0.1, -0.05) is 53.5 Å². The molecule has 1 N–H and O–H groups in total. The van der Waals surface area contributed by atoms with E-state index in [1.165, 1.54) is 20.8 Å². The second-order valence-electron chi connectivity index (χ2n) is 10.9. The van der Waals surface area contributed by atoms with E-state index in [0.717, 1.165) is 12.8 Å². The molecule has 0 aromatic rings. The molecule has 0 saturated heterocycles. The van der Waals surface area contributed by atoms with E-state index < -0.39 is 23.8 Å². The molecule has 0 aliphatic heterocycles. The number of carbonyl (C=O) groups is 5. The van der Waals surface area contributed by atoms with Gasteiger partial charge in [0.15, 0.2) is 0 Å². The van der Waals surface area contributed by atoms with Crippen molar-refractivity contribution in [2.45, 2.75) is 123 Å². The van der Waals surface area contributed by atoms with Gasteiger partial charge in [0.25, 0.3) is 0 Å². The number of rotatable bonds is 10. The van der Waals surface area contributed by atoms with Gasteiger partial charge in [0.05, 0.1) is 38.2 Å². The van der Waals surface area contributed by atoms with Crippen LogP contribution in [-0.4, -0.2) is 70.8 Å². The average Bonchev–Trinajstić information content (AvgIpc) is 2.90. The number of carbonyl (C=O) groups excluding carboxylic acids is 4. The van der Waals surface area contributed by atoms with Gasteiger partial charge < -0.3 is 33.7 Å². The van der Waals surface area contributed by atoms with Crippen molar-refractivity contribution in [2.24, 2.45) is 16.7 Å². The molecule has 0 rings (SSSR count). The first-order valence-electron chi connectivity index (χ1n) is 14.7. The summed E-state index contributed by atoms with van der Waals surface area (Å²) in [5.74, 6) is -2.20. The predicted octanol–water partition coefficient (Wildman–Crippen LogP) is 7.43. The Morgan fingerprint density at radius 2 is 1.21 bits per heavy atom. The molecule has 0 aromatic carbocycles. The number of nitriles is 3.